The zero-order valence-corrected chi connectivity index (χ0v) is 14.6. The summed E-state index contributed by atoms with van der Waals surface area (Å²) in [4.78, 5) is 12.0. The summed E-state index contributed by atoms with van der Waals surface area (Å²) in [6.45, 7) is 6.63. The molecule has 0 spiro atoms. The normalized spacial score (nSPS) is 24.0. The van der Waals surface area contributed by atoms with E-state index in [4.69, 9.17) is 0 Å². The van der Waals surface area contributed by atoms with Crippen molar-refractivity contribution in [1.29, 1.82) is 0 Å². The van der Waals surface area contributed by atoms with Crippen molar-refractivity contribution in [2.45, 2.75) is 77.7 Å². The molecule has 0 aromatic carbocycles. The van der Waals surface area contributed by atoms with Gasteiger partial charge in [0, 0.05) is 19.0 Å². The molecule has 0 bridgehead atoms. The van der Waals surface area contributed by atoms with Crippen LogP contribution >= 0.6 is 12.4 Å². The summed E-state index contributed by atoms with van der Waals surface area (Å²) in [6.07, 6.45) is 10.7. The van der Waals surface area contributed by atoms with Crippen molar-refractivity contribution in [3.8, 4) is 0 Å². The van der Waals surface area contributed by atoms with E-state index < -0.39 is 0 Å². The summed E-state index contributed by atoms with van der Waals surface area (Å²) in [6, 6.07) is 0.580. The van der Waals surface area contributed by atoms with E-state index in [1.165, 1.54) is 44.9 Å². The molecule has 1 saturated carbocycles. The van der Waals surface area contributed by atoms with Crippen LogP contribution < -0.4 is 10.6 Å². The average Bonchev–Trinajstić information content (AvgIpc) is 3.05. The Morgan fingerprint density at radius 3 is 2.57 bits per heavy atom. The lowest BCUT2D eigenvalue weighted by molar-refractivity contribution is -0.121. The third-order valence-electron chi connectivity index (χ3n) is 5.05. The van der Waals surface area contributed by atoms with E-state index in [0.29, 0.717) is 17.9 Å². The number of rotatable bonds is 7. The lowest BCUT2D eigenvalue weighted by atomic mass is 9.78. The molecule has 2 fully saturated rings. The first-order chi connectivity index (χ1) is 9.60. The van der Waals surface area contributed by atoms with E-state index in [1.807, 2.05) is 0 Å². The molecule has 1 amide bonds. The minimum atomic E-state index is 0. The summed E-state index contributed by atoms with van der Waals surface area (Å²) in [5.74, 6) is 0.987. The van der Waals surface area contributed by atoms with E-state index in [9.17, 15) is 4.79 Å². The fraction of sp³-hybridized carbons (Fsp3) is 0.941. The van der Waals surface area contributed by atoms with Crippen LogP contribution in [0.25, 0.3) is 0 Å². The predicted octanol–water partition coefficient (Wildman–Crippen LogP) is 3.66. The van der Waals surface area contributed by atoms with E-state index >= 15 is 0 Å². The van der Waals surface area contributed by atoms with Gasteiger partial charge in [0.05, 0.1) is 0 Å². The molecule has 0 aromatic heterocycles. The smallest absolute Gasteiger partial charge is 0.220 e. The maximum Gasteiger partial charge on any atom is 0.220 e. The van der Waals surface area contributed by atoms with Crippen LogP contribution in [0.3, 0.4) is 0 Å². The highest BCUT2D eigenvalue weighted by Crippen LogP contribution is 2.42. The van der Waals surface area contributed by atoms with Crippen LogP contribution in [0.4, 0.5) is 0 Å². The van der Waals surface area contributed by atoms with Crippen molar-refractivity contribution in [1.82, 2.24) is 10.6 Å². The summed E-state index contributed by atoms with van der Waals surface area (Å²) >= 11 is 0. The molecule has 2 N–H and O–H groups in total. The fourth-order valence-corrected chi connectivity index (χ4v) is 4.13. The Hall–Kier alpha value is -0.280. The Balaban J connectivity index is 0.00000220. The third-order valence-corrected chi connectivity index (χ3v) is 5.05. The number of nitrogens with one attached hydrogen (secondary N) is 2. The molecule has 2 aliphatic rings. The van der Waals surface area contributed by atoms with Crippen molar-refractivity contribution >= 4 is 18.3 Å². The molecule has 3 nitrogen and oxygen atoms in total. The van der Waals surface area contributed by atoms with E-state index in [1.54, 1.807) is 0 Å². The number of carbonyl (C=O) groups excluding carboxylic acids is 1. The highest BCUT2D eigenvalue weighted by molar-refractivity contribution is 5.85. The summed E-state index contributed by atoms with van der Waals surface area (Å²) in [5.41, 5.74) is 0.398. The van der Waals surface area contributed by atoms with Crippen molar-refractivity contribution in [2.24, 2.45) is 11.3 Å². The highest BCUT2D eigenvalue weighted by atomic mass is 35.5. The van der Waals surface area contributed by atoms with Crippen molar-refractivity contribution in [3.05, 3.63) is 0 Å². The minimum absolute atomic E-state index is 0. The monoisotopic (exact) mass is 316 g/mol. The summed E-state index contributed by atoms with van der Waals surface area (Å²) in [5, 5.41) is 6.69. The predicted molar refractivity (Wildman–Crippen MR) is 90.9 cm³/mol. The standard InChI is InChI=1S/C17H32N2O.ClH/c1-14(2)12-17(9-3-4-10-17)13-19-16(20)8-7-15-6-5-11-18-15;/h14-15,18H,3-13H2,1-2H3,(H,19,20);1H. The molecule has 1 atom stereocenters. The largest absolute Gasteiger partial charge is 0.356 e. The Morgan fingerprint density at radius 1 is 1.29 bits per heavy atom. The molecule has 1 saturated heterocycles. The maximum atomic E-state index is 12.0. The van der Waals surface area contributed by atoms with Gasteiger partial charge in [0.1, 0.15) is 0 Å². The molecule has 0 radical (unpaired) electrons. The number of amides is 1. The van der Waals surface area contributed by atoms with Gasteiger partial charge in [-0.2, -0.15) is 0 Å². The number of carbonyl (C=O) groups is 1. The van der Waals surface area contributed by atoms with Crippen LogP contribution in [-0.2, 0) is 4.79 Å². The van der Waals surface area contributed by atoms with Crippen molar-refractivity contribution < 1.29 is 4.79 Å². The number of halogens is 1. The first kappa shape index (κ1) is 18.8. The van der Waals surface area contributed by atoms with Crippen LogP contribution in [0.15, 0.2) is 0 Å². The highest BCUT2D eigenvalue weighted by Gasteiger charge is 2.34. The third kappa shape index (κ3) is 6.15. The van der Waals surface area contributed by atoms with Gasteiger partial charge in [-0.3, -0.25) is 4.79 Å². The zero-order valence-electron chi connectivity index (χ0n) is 13.7. The molecule has 0 aromatic rings. The van der Waals surface area contributed by atoms with Gasteiger partial charge in [-0.1, -0.05) is 26.7 Å². The van der Waals surface area contributed by atoms with Gasteiger partial charge in [0.2, 0.25) is 5.91 Å². The van der Waals surface area contributed by atoms with Crippen LogP contribution in [-0.4, -0.2) is 25.0 Å². The van der Waals surface area contributed by atoms with Gasteiger partial charge in [0.15, 0.2) is 0 Å². The van der Waals surface area contributed by atoms with Gasteiger partial charge in [-0.05, 0) is 56.4 Å². The Labute approximate surface area is 136 Å². The Morgan fingerprint density at radius 2 is 2.00 bits per heavy atom. The van der Waals surface area contributed by atoms with Crippen LogP contribution in [0.5, 0.6) is 0 Å². The molecule has 2 rings (SSSR count). The van der Waals surface area contributed by atoms with E-state index in [0.717, 1.165) is 25.4 Å². The molecule has 4 heteroatoms. The van der Waals surface area contributed by atoms with E-state index in [-0.39, 0.29) is 18.3 Å². The molecule has 21 heavy (non-hydrogen) atoms. The number of hydrogen-bond acceptors (Lipinski definition) is 2. The Bertz CT molecular complexity index is 308. The molecule has 1 aliphatic carbocycles. The van der Waals surface area contributed by atoms with E-state index in [2.05, 4.69) is 24.5 Å². The topological polar surface area (TPSA) is 41.1 Å². The first-order valence-electron chi connectivity index (χ1n) is 8.60. The lowest BCUT2D eigenvalue weighted by Crippen LogP contribution is -2.37. The second-order valence-corrected chi connectivity index (χ2v) is 7.41. The minimum Gasteiger partial charge on any atom is -0.356 e. The van der Waals surface area contributed by atoms with Gasteiger partial charge in [-0.15, -0.1) is 12.4 Å². The molecule has 124 valence electrons. The van der Waals surface area contributed by atoms with Gasteiger partial charge in [-0.25, -0.2) is 0 Å². The second-order valence-electron chi connectivity index (χ2n) is 7.41. The molecular weight excluding hydrogens is 284 g/mol. The van der Waals surface area contributed by atoms with Gasteiger partial charge >= 0.3 is 0 Å². The fourth-order valence-electron chi connectivity index (χ4n) is 4.13. The van der Waals surface area contributed by atoms with Crippen molar-refractivity contribution in [3.63, 3.8) is 0 Å². The van der Waals surface area contributed by atoms with Gasteiger partial charge in [0.25, 0.3) is 0 Å². The molecule has 1 aliphatic heterocycles. The second kappa shape index (κ2) is 8.99. The molecular formula is C17H33ClN2O. The van der Waals surface area contributed by atoms with Gasteiger partial charge < -0.3 is 10.6 Å². The molecule has 1 heterocycles. The zero-order chi connectivity index (χ0) is 14.4. The van der Waals surface area contributed by atoms with Crippen LogP contribution in [0.2, 0.25) is 0 Å². The molecule has 1 unspecified atom stereocenters. The quantitative estimate of drug-likeness (QED) is 0.752. The van der Waals surface area contributed by atoms with Crippen molar-refractivity contribution in [2.75, 3.05) is 13.1 Å². The SMILES string of the molecule is CC(C)CC1(CNC(=O)CCC2CCCN2)CCCC1.Cl. The summed E-state index contributed by atoms with van der Waals surface area (Å²) in [7, 11) is 0. The first-order valence-corrected chi connectivity index (χ1v) is 8.60. The maximum absolute atomic E-state index is 12.0. The van der Waals surface area contributed by atoms with Crippen LogP contribution in [0.1, 0.15) is 71.6 Å². The average molecular weight is 317 g/mol. The van der Waals surface area contributed by atoms with Crippen LogP contribution in [0, 0.1) is 11.3 Å². The Kier molecular flexibility index (Phi) is 8.04. The summed E-state index contributed by atoms with van der Waals surface area (Å²) < 4.78 is 0. The lowest BCUT2D eigenvalue weighted by Gasteiger charge is -2.31. The number of hydrogen-bond donors (Lipinski definition) is 2.